The molecule has 2 heterocycles. The smallest absolute Gasteiger partial charge is 0.127 e. The first-order valence-electron chi connectivity index (χ1n) is 14.7. The third kappa shape index (κ3) is 6.90. The lowest BCUT2D eigenvalue weighted by Gasteiger charge is -2.48. The molecule has 0 amide bonds. The average Bonchev–Trinajstić information content (AvgIpc) is 2.91. The highest BCUT2D eigenvalue weighted by Crippen LogP contribution is 2.32. The lowest BCUT2D eigenvalue weighted by molar-refractivity contribution is 0.0275. The van der Waals surface area contributed by atoms with Gasteiger partial charge in [-0.15, -0.1) is 0 Å². The minimum absolute atomic E-state index is 0.639. The van der Waals surface area contributed by atoms with Gasteiger partial charge in [-0.05, 0) is 87.9 Å². The second kappa shape index (κ2) is 12.6. The van der Waals surface area contributed by atoms with E-state index in [-0.39, 0.29) is 0 Å². The van der Waals surface area contributed by atoms with E-state index >= 15 is 0 Å². The van der Waals surface area contributed by atoms with Crippen LogP contribution < -0.4 is 10.1 Å². The molecular formula is C32H47N3O. The Labute approximate surface area is 219 Å². The van der Waals surface area contributed by atoms with Crippen molar-refractivity contribution in [3.63, 3.8) is 0 Å². The van der Waals surface area contributed by atoms with Crippen LogP contribution in [0.3, 0.4) is 0 Å². The molecule has 1 aliphatic carbocycles. The number of ether oxygens (including phenoxy) is 1. The molecule has 4 nitrogen and oxygen atoms in total. The zero-order valence-electron chi connectivity index (χ0n) is 22.6. The number of piperazine rings is 1. The maximum absolute atomic E-state index is 5.96. The van der Waals surface area contributed by atoms with E-state index in [2.05, 4.69) is 53.2 Å². The van der Waals surface area contributed by atoms with Gasteiger partial charge >= 0.3 is 0 Å². The number of para-hydroxylation sites is 1. The van der Waals surface area contributed by atoms with Crippen LogP contribution in [0.5, 0.6) is 11.5 Å². The summed E-state index contributed by atoms with van der Waals surface area (Å²) in [4.78, 5) is 5.50. The lowest BCUT2D eigenvalue weighted by Crippen LogP contribution is -2.61. The summed E-state index contributed by atoms with van der Waals surface area (Å²) in [6.07, 6.45) is 11.3. The molecule has 5 rings (SSSR count). The predicted molar refractivity (Wildman–Crippen MR) is 150 cm³/mol. The van der Waals surface area contributed by atoms with Crippen LogP contribution in [0.4, 0.5) is 0 Å². The number of nitrogens with zero attached hydrogens (tertiary/aromatic N) is 2. The van der Waals surface area contributed by atoms with Crippen LogP contribution in [0.25, 0.3) is 0 Å². The molecule has 3 fully saturated rings. The first-order valence-corrected chi connectivity index (χ1v) is 14.7. The average molecular weight is 490 g/mol. The molecule has 1 unspecified atom stereocenters. The van der Waals surface area contributed by atoms with Crippen LogP contribution in [0.2, 0.25) is 0 Å². The Kier molecular flexibility index (Phi) is 9.00. The highest BCUT2D eigenvalue weighted by atomic mass is 16.5. The molecule has 0 aromatic heterocycles. The van der Waals surface area contributed by atoms with Gasteiger partial charge < -0.3 is 10.1 Å². The Balaban J connectivity index is 1.09. The third-order valence-electron chi connectivity index (χ3n) is 8.96. The van der Waals surface area contributed by atoms with Gasteiger partial charge in [0.15, 0.2) is 0 Å². The zero-order valence-corrected chi connectivity index (χ0v) is 22.6. The van der Waals surface area contributed by atoms with Crippen molar-refractivity contribution >= 4 is 0 Å². The fourth-order valence-corrected chi connectivity index (χ4v) is 6.91. The van der Waals surface area contributed by atoms with Gasteiger partial charge in [0.1, 0.15) is 11.5 Å². The Bertz CT molecular complexity index is 901. The summed E-state index contributed by atoms with van der Waals surface area (Å²) in [5.74, 6) is 3.57. The van der Waals surface area contributed by atoms with Gasteiger partial charge in [0.2, 0.25) is 0 Å². The second-order valence-electron chi connectivity index (χ2n) is 11.9. The standard InChI is InChI=1S/C32H47N3O/c1-25(2)35-24-29(21-26-9-5-3-6-10-26)33-22-32(35)28-17-19-34(20-18-28)23-27-13-15-31(16-14-27)36-30-11-7-4-8-12-30/h4,7-8,11-16,25-26,28-29,32-33H,3,5-6,9-10,17-24H2,1-2H3/t29-,32?/m0/s1. The predicted octanol–water partition coefficient (Wildman–Crippen LogP) is 6.71. The summed E-state index contributed by atoms with van der Waals surface area (Å²) in [6.45, 7) is 10.7. The van der Waals surface area contributed by atoms with Crippen LogP contribution in [-0.2, 0) is 6.54 Å². The fourth-order valence-electron chi connectivity index (χ4n) is 6.91. The summed E-state index contributed by atoms with van der Waals surface area (Å²) in [7, 11) is 0. The van der Waals surface area contributed by atoms with Crippen LogP contribution in [-0.4, -0.2) is 54.1 Å². The van der Waals surface area contributed by atoms with Gasteiger partial charge in [0.05, 0.1) is 0 Å². The van der Waals surface area contributed by atoms with E-state index < -0.39 is 0 Å². The molecule has 0 spiro atoms. The molecule has 2 aromatic rings. The molecule has 0 bridgehead atoms. The Morgan fingerprint density at radius 1 is 0.861 bits per heavy atom. The van der Waals surface area contributed by atoms with E-state index in [9.17, 15) is 0 Å². The molecule has 2 aliphatic heterocycles. The first kappa shape index (κ1) is 25.8. The van der Waals surface area contributed by atoms with Crippen molar-refractivity contribution in [2.45, 2.75) is 89.9 Å². The van der Waals surface area contributed by atoms with Gasteiger partial charge in [-0.25, -0.2) is 0 Å². The molecule has 3 aliphatic rings. The normalized spacial score (nSPS) is 25.3. The lowest BCUT2D eigenvalue weighted by atomic mass is 9.82. The molecule has 196 valence electrons. The van der Waals surface area contributed by atoms with Gasteiger partial charge in [-0.2, -0.15) is 0 Å². The molecule has 1 saturated carbocycles. The Hall–Kier alpha value is -1.88. The van der Waals surface area contributed by atoms with Crippen LogP contribution >= 0.6 is 0 Å². The van der Waals surface area contributed by atoms with Crippen LogP contribution in [0, 0.1) is 11.8 Å². The number of hydrogen-bond donors (Lipinski definition) is 1. The largest absolute Gasteiger partial charge is 0.457 e. The molecule has 2 aromatic carbocycles. The first-order chi connectivity index (χ1) is 17.6. The van der Waals surface area contributed by atoms with E-state index in [0.717, 1.165) is 29.9 Å². The maximum atomic E-state index is 5.96. The molecule has 1 N–H and O–H groups in total. The number of nitrogens with one attached hydrogen (secondary N) is 1. The van der Waals surface area contributed by atoms with Crippen molar-refractivity contribution in [3.05, 3.63) is 60.2 Å². The van der Waals surface area contributed by atoms with Crippen LogP contribution in [0.15, 0.2) is 54.6 Å². The minimum atomic E-state index is 0.639. The summed E-state index contributed by atoms with van der Waals surface area (Å²) in [5.41, 5.74) is 1.38. The molecule has 4 heteroatoms. The zero-order chi connectivity index (χ0) is 24.7. The minimum Gasteiger partial charge on any atom is -0.457 e. The number of likely N-dealkylation sites (tertiary alicyclic amines) is 1. The number of piperidine rings is 1. The van der Waals surface area contributed by atoms with E-state index in [1.807, 2.05) is 30.3 Å². The summed E-state index contributed by atoms with van der Waals surface area (Å²) < 4.78 is 5.96. The van der Waals surface area contributed by atoms with E-state index in [4.69, 9.17) is 4.74 Å². The summed E-state index contributed by atoms with van der Waals surface area (Å²) in [6, 6.07) is 20.7. The van der Waals surface area contributed by atoms with Crippen molar-refractivity contribution < 1.29 is 4.74 Å². The van der Waals surface area contributed by atoms with Gasteiger partial charge in [-0.1, -0.05) is 62.4 Å². The fraction of sp³-hybridized carbons (Fsp3) is 0.625. The van der Waals surface area contributed by atoms with Crippen molar-refractivity contribution in [1.29, 1.82) is 0 Å². The molecular weight excluding hydrogens is 442 g/mol. The van der Waals surface area contributed by atoms with Gasteiger partial charge in [0.25, 0.3) is 0 Å². The van der Waals surface area contributed by atoms with E-state index in [0.29, 0.717) is 18.1 Å². The summed E-state index contributed by atoms with van der Waals surface area (Å²) >= 11 is 0. The number of rotatable bonds is 8. The van der Waals surface area contributed by atoms with E-state index in [1.54, 1.807) is 0 Å². The van der Waals surface area contributed by atoms with Gasteiger partial charge in [0, 0.05) is 37.8 Å². The maximum Gasteiger partial charge on any atom is 0.127 e. The quantitative estimate of drug-likeness (QED) is 0.446. The van der Waals surface area contributed by atoms with E-state index in [1.165, 1.54) is 83.1 Å². The topological polar surface area (TPSA) is 27.7 Å². The highest BCUT2D eigenvalue weighted by molar-refractivity contribution is 5.33. The molecule has 36 heavy (non-hydrogen) atoms. The summed E-state index contributed by atoms with van der Waals surface area (Å²) in [5, 5.41) is 4.01. The third-order valence-corrected chi connectivity index (χ3v) is 8.96. The highest BCUT2D eigenvalue weighted by Gasteiger charge is 2.36. The van der Waals surface area contributed by atoms with Crippen molar-refractivity contribution in [3.8, 4) is 11.5 Å². The van der Waals surface area contributed by atoms with Crippen molar-refractivity contribution in [2.75, 3.05) is 26.2 Å². The Morgan fingerprint density at radius 3 is 2.25 bits per heavy atom. The van der Waals surface area contributed by atoms with Crippen molar-refractivity contribution in [1.82, 2.24) is 15.1 Å². The number of benzene rings is 2. The monoisotopic (exact) mass is 489 g/mol. The molecule has 0 radical (unpaired) electrons. The van der Waals surface area contributed by atoms with Gasteiger partial charge in [-0.3, -0.25) is 9.80 Å². The molecule has 2 saturated heterocycles. The number of hydrogen-bond acceptors (Lipinski definition) is 4. The van der Waals surface area contributed by atoms with Crippen LogP contribution in [0.1, 0.15) is 70.8 Å². The van der Waals surface area contributed by atoms with Crippen molar-refractivity contribution in [2.24, 2.45) is 11.8 Å². The molecule has 2 atom stereocenters. The Morgan fingerprint density at radius 2 is 1.56 bits per heavy atom. The second-order valence-corrected chi connectivity index (χ2v) is 11.9. The SMILES string of the molecule is CC(C)N1C[C@H](CC2CCCCC2)NCC1C1CCN(Cc2ccc(Oc3ccccc3)cc2)CC1.